The molecule has 0 unspecified atom stereocenters. The first kappa shape index (κ1) is 17.0. The summed E-state index contributed by atoms with van der Waals surface area (Å²) in [5.41, 5.74) is 11.2. The normalized spacial score (nSPS) is 21.1. The van der Waals surface area contributed by atoms with Gasteiger partial charge in [-0.05, 0) is 30.2 Å². The second-order valence-corrected chi connectivity index (χ2v) is 6.56. The summed E-state index contributed by atoms with van der Waals surface area (Å²) in [6.45, 7) is 4.92. The van der Waals surface area contributed by atoms with Crippen LogP contribution in [0.2, 0.25) is 0 Å². The van der Waals surface area contributed by atoms with E-state index in [0.29, 0.717) is 5.92 Å². The van der Waals surface area contributed by atoms with Crippen LogP contribution in [0.3, 0.4) is 0 Å². The van der Waals surface area contributed by atoms with Gasteiger partial charge in [0.25, 0.3) is 0 Å². The Hall–Kier alpha value is -1.88. The average molecular weight is 343 g/mol. The van der Waals surface area contributed by atoms with Crippen molar-refractivity contribution in [1.29, 1.82) is 0 Å². The maximum absolute atomic E-state index is 6.40. The summed E-state index contributed by atoms with van der Waals surface area (Å²) in [4.78, 5) is 6.96. The molecule has 4 nitrogen and oxygen atoms in total. The van der Waals surface area contributed by atoms with E-state index in [2.05, 4.69) is 69.9 Å². The van der Waals surface area contributed by atoms with Gasteiger partial charge in [0.15, 0.2) is 0 Å². The lowest BCUT2D eigenvalue weighted by Gasteiger charge is -2.16. The molecule has 4 rings (SSSR count). The van der Waals surface area contributed by atoms with Crippen LogP contribution in [0.25, 0.3) is 5.65 Å². The highest BCUT2D eigenvalue weighted by atomic mass is 35.5. The molecule has 0 bridgehead atoms. The molecular weight excluding hydrogens is 320 g/mol. The highest BCUT2D eigenvalue weighted by Crippen LogP contribution is 2.27. The molecule has 3 aromatic rings. The van der Waals surface area contributed by atoms with Gasteiger partial charge in [0.05, 0.1) is 11.9 Å². The minimum Gasteiger partial charge on any atom is -0.326 e. The fraction of sp³-hybridized carbons (Fsp3) is 0.316. The summed E-state index contributed by atoms with van der Waals surface area (Å²) in [7, 11) is 0. The van der Waals surface area contributed by atoms with Crippen molar-refractivity contribution in [3.8, 4) is 0 Å². The Kier molecular flexibility index (Phi) is 4.90. The van der Waals surface area contributed by atoms with E-state index in [9.17, 15) is 0 Å². The predicted octanol–water partition coefficient (Wildman–Crippen LogP) is 2.99. The molecule has 0 spiro atoms. The summed E-state index contributed by atoms with van der Waals surface area (Å²) in [6, 6.07) is 15.1. The number of pyridine rings is 1. The van der Waals surface area contributed by atoms with Crippen LogP contribution < -0.4 is 5.73 Å². The number of imidazole rings is 1. The molecule has 1 saturated heterocycles. The maximum Gasteiger partial charge on any atom is 0.137 e. The Bertz CT molecular complexity index is 815. The molecule has 0 amide bonds. The molecular formula is C19H23ClN4. The number of rotatable bonds is 3. The molecule has 0 saturated carbocycles. The Labute approximate surface area is 148 Å². The highest BCUT2D eigenvalue weighted by Gasteiger charge is 2.31. The zero-order valence-electron chi connectivity index (χ0n) is 13.8. The van der Waals surface area contributed by atoms with Crippen molar-refractivity contribution in [1.82, 2.24) is 14.3 Å². The van der Waals surface area contributed by atoms with E-state index >= 15 is 0 Å². The summed E-state index contributed by atoms with van der Waals surface area (Å²) < 4.78 is 2.17. The molecule has 3 heterocycles. The summed E-state index contributed by atoms with van der Waals surface area (Å²) in [5.74, 6) is 0.414. The Morgan fingerprint density at radius 3 is 2.75 bits per heavy atom. The van der Waals surface area contributed by atoms with Crippen molar-refractivity contribution in [2.75, 3.05) is 13.1 Å². The first-order valence-corrected chi connectivity index (χ1v) is 8.16. The van der Waals surface area contributed by atoms with Crippen molar-refractivity contribution in [2.24, 2.45) is 5.73 Å². The maximum atomic E-state index is 6.40. The van der Waals surface area contributed by atoms with Gasteiger partial charge in [-0.2, -0.15) is 0 Å². The van der Waals surface area contributed by atoms with Crippen molar-refractivity contribution < 1.29 is 0 Å². The zero-order chi connectivity index (χ0) is 15.8. The minimum absolute atomic E-state index is 0. The van der Waals surface area contributed by atoms with E-state index in [1.807, 2.05) is 6.20 Å². The van der Waals surface area contributed by atoms with Crippen molar-refractivity contribution in [2.45, 2.75) is 25.4 Å². The number of nitrogens with two attached hydrogens (primary N) is 1. The topological polar surface area (TPSA) is 46.6 Å². The molecule has 2 aromatic heterocycles. The predicted molar refractivity (Wildman–Crippen MR) is 99.6 cm³/mol. The number of hydrogen-bond donors (Lipinski definition) is 1. The number of aryl methyl sites for hydroxylation is 1. The van der Waals surface area contributed by atoms with Crippen molar-refractivity contribution >= 4 is 18.1 Å². The SMILES string of the molecule is Cc1ccn2c(CN3C[C@@H](N)[C@H](c4ccccc4)C3)cnc2c1.Cl. The number of fused-ring (bicyclic) bond motifs is 1. The standard InChI is InChI=1S/C19H22N4.ClH/c1-14-7-8-23-16(10-21-19(23)9-14)11-22-12-17(18(20)13-22)15-5-3-2-4-6-15;/h2-10,17-18H,11-13,20H2,1H3;1H/t17-,18+;/m0./s1. The number of hydrogen-bond acceptors (Lipinski definition) is 3. The van der Waals surface area contributed by atoms with Crippen LogP contribution in [0.5, 0.6) is 0 Å². The van der Waals surface area contributed by atoms with E-state index in [1.165, 1.54) is 16.8 Å². The van der Waals surface area contributed by atoms with Gasteiger partial charge in [0, 0.05) is 37.8 Å². The first-order chi connectivity index (χ1) is 11.2. The molecule has 1 aliphatic rings. The molecule has 1 fully saturated rings. The Morgan fingerprint density at radius 2 is 1.96 bits per heavy atom. The fourth-order valence-electron chi connectivity index (χ4n) is 3.58. The van der Waals surface area contributed by atoms with Crippen LogP contribution in [0.4, 0.5) is 0 Å². The lowest BCUT2D eigenvalue weighted by Crippen LogP contribution is -2.28. The molecule has 1 aromatic carbocycles. The second-order valence-electron chi connectivity index (χ2n) is 6.56. The summed E-state index contributed by atoms with van der Waals surface area (Å²) in [6.07, 6.45) is 4.09. The zero-order valence-corrected chi connectivity index (χ0v) is 14.6. The lowest BCUT2D eigenvalue weighted by molar-refractivity contribution is 0.319. The summed E-state index contributed by atoms with van der Waals surface area (Å²) >= 11 is 0. The highest BCUT2D eigenvalue weighted by molar-refractivity contribution is 5.85. The monoisotopic (exact) mass is 342 g/mol. The van der Waals surface area contributed by atoms with Crippen LogP contribution in [0, 0.1) is 6.92 Å². The number of benzene rings is 1. The number of halogens is 1. The van der Waals surface area contributed by atoms with Gasteiger partial charge in [0.1, 0.15) is 5.65 Å². The van der Waals surface area contributed by atoms with Crippen LogP contribution in [-0.4, -0.2) is 33.4 Å². The van der Waals surface area contributed by atoms with E-state index < -0.39 is 0 Å². The van der Waals surface area contributed by atoms with Gasteiger partial charge < -0.3 is 10.1 Å². The number of aromatic nitrogens is 2. The van der Waals surface area contributed by atoms with Gasteiger partial charge in [-0.15, -0.1) is 12.4 Å². The molecule has 2 atom stereocenters. The van der Waals surface area contributed by atoms with Gasteiger partial charge in [0.2, 0.25) is 0 Å². The van der Waals surface area contributed by atoms with Gasteiger partial charge in [-0.25, -0.2) is 4.98 Å². The molecule has 2 N–H and O–H groups in total. The molecule has 24 heavy (non-hydrogen) atoms. The van der Waals surface area contributed by atoms with Crippen LogP contribution >= 0.6 is 12.4 Å². The Morgan fingerprint density at radius 1 is 1.17 bits per heavy atom. The van der Waals surface area contributed by atoms with Gasteiger partial charge in [-0.3, -0.25) is 4.90 Å². The molecule has 0 aliphatic carbocycles. The van der Waals surface area contributed by atoms with Crippen LogP contribution in [0.15, 0.2) is 54.9 Å². The summed E-state index contributed by atoms with van der Waals surface area (Å²) in [5, 5.41) is 0. The fourth-order valence-corrected chi connectivity index (χ4v) is 3.58. The largest absolute Gasteiger partial charge is 0.326 e. The van der Waals surface area contributed by atoms with E-state index in [1.54, 1.807) is 0 Å². The van der Waals surface area contributed by atoms with Crippen molar-refractivity contribution in [3.05, 3.63) is 71.7 Å². The molecule has 5 heteroatoms. The smallest absolute Gasteiger partial charge is 0.137 e. The van der Waals surface area contributed by atoms with E-state index in [0.717, 1.165) is 25.3 Å². The second kappa shape index (κ2) is 6.93. The van der Waals surface area contributed by atoms with Gasteiger partial charge >= 0.3 is 0 Å². The van der Waals surface area contributed by atoms with Crippen molar-refractivity contribution in [3.63, 3.8) is 0 Å². The molecule has 126 valence electrons. The third-order valence-corrected chi connectivity index (χ3v) is 4.80. The lowest BCUT2D eigenvalue weighted by atomic mass is 9.95. The third-order valence-electron chi connectivity index (χ3n) is 4.80. The minimum atomic E-state index is 0. The number of nitrogens with zero attached hydrogens (tertiary/aromatic N) is 3. The van der Waals surface area contributed by atoms with E-state index in [-0.39, 0.29) is 18.4 Å². The molecule has 1 aliphatic heterocycles. The first-order valence-electron chi connectivity index (χ1n) is 8.16. The average Bonchev–Trinajstić information content (AvgIpc) is 3.12. The van der Waals surface area contributed by atoms with Crippen LogP contribution in [-0.2, 0) is 6.54 Å². The molecule has 0 radical (unpaired) electrons. The van der Waals surface area contributed by atoms with Gasteiger partial charge in [-0.1, -0.05) is 30.3 Å². The third kappa shape index (κ3) is 3.18. The Balaban J connectivity index is 0.00000169. The van der Waals surface area contributed by atoms with E-state index in [4.69, 9.17) is 5.73 Å². The van der Waals surface area contributed by atoms with Crippen LogP contribution in [0.1, 0.15) is 22.7 Å². The quantitative estimate of drug-likeness (QED) is 0.796. The number of likely N-dealkylation sites (tertiary alicyclic amines) is 1.